The summed E-state index contributed by atoms with van der Waals surface area (Å²) in [5, 5.41) is 4.28. The van der Waals surface area contributed by atoms with Crippen molar-refractivity contribution >= 4 is 11.6 Å². The van der Waals surface area contributed by atoms with Crippen molar-refractivity contribution in [1.82, 2.24) is 24.1 Å². The summed E-state index contributed by atoms with van der Waals surface area (Å²) < 4.78 is 2.84. The number of rotatable bonds is 3. The fraction of sp³-hybridized carbons (Fsp3) is 0.333. The Morgan fingerprint density at radius 3 is 2.80 bits per heavy atom. The summed E-state index contributed by atoms with van der Waals surface area (Å²) in [4.78, 5) is 30.9. The van der Waals surface area contributed by atoms with Crippen LogP contribution >= 0.6 is 0 Å². The van der Waals surface area contributed by atoms with Crippen LogP contribution in [0.2, 0.25) is 0 Å². The number of aromatic nitrogens is 4. The van der Waals surface area contributed by atoms with Crippen LogP contribution in [0.25, 0.3) is 5.65 Å². The number of hydrogen-bond acceptors (Lipinski definition) is 4. The molecular weight excluding hydrogens is 318 g/mol. The van der Waals surface area contributed by atoms with Crippen LogP contribution in [0.1, 0.15) is 35.2 Å². The van der Waals surface area contributed by atoms with Gasteiger partial charge in [0.25, 0.3) is 5.91 Å². The maximum Gasteiger partial charge on any atom is 0.350 e. The minimum atomic E-state index is -0.217. The molecule has 0 aliphatic carbocycles. The summed E-state index contributed by atoms with van der Waals surface area (Å²) in [7, 11) is 0. The molecule has 1 fully saturated rings. The normalized spacial score (nSPS) is 14.8. The highest BCUT2D eigenvalue weighted by Gasteiger charge is 2.18. The number of fused-ring (bicyclic) bond motifs is 1. The number of carbonyl (C=O) groups excluding carboxylic acids is 1. The van der Waals surface area contributed by atoms with Crippen molar-refractivity contribution in [2.45, 2.75) is 25.8 Å². The second-order valence-electron chi connectivity index (χ2n) is 6.30. The van der Waals surface area contributed by atoms with Gasteiger partial charge in [-0.3, -0.25) is 9.78 Å². The molecule has 3 heterocycles. The van der Waals surface area contributed by atoms with Gasteiger partial charge < -0.3 is 4.90 Å². The third-order valence-electron chi connectivity index (χ3n) is 4.54. The zero-order valence-electron chi connectivity index (χ0n) is 13.8. The van der Waals surface area contributed by atoms with Crippen LogP contribution in [-0.2, 0) is 6.54 Å². The minimum absolute atomic E-state index is 0.0631. The second-order valence-corrected chi connectivity index (χ2v) is 6.30. The van der Waals surface area contributed by atoms with E-state index in [1.54, 1.807) is 18.6 Å². The molecule has 3 aromatic rings. The Hall–Kier alpha value is -2.96. The topological polar surface area (TPSA) is 72.5 Å². The largest absolute Gasteiger partial charge is 0.350 e. The van der Waals surface area contributed by atoms with Crippen molar-refractivity contribution in [2.75, 3.05) is 13.1 Å². The molecule has 7 heteroatoms. The number of hydrogen-bond donors (Lipinski definition) is 0. The maximum atomic E-state index is 12.6. The Morgan fingerprint density at radius 2 is 2.00 bits per heavy atom. The lowest BCUT2D eigenvalue weighted by atomic mass is 10.1. The van der Waals surface area contributed by atoms with Gasteiger partial charge in [0.15, 0.2) is 5.65 Å². The number of piperidine rings is 1. The smallest absolute Gasteiger partial charge is 0.339 e. The average Bonchev–Trinajstić information content (AvgIpc) is 2.98. The molecule has 128 valence electrons. The average molecular weight is 337 g/mol. The zero-order valence-corrected chi connectivity index (χ0v) is 13.8. The summed E-state index contributed by atoms with van der Waals surface area (Å²) in [6.07, 6.45) is 8.02. The Balaban J connectivity index is 1.59. The van der Waals surface area contributed by atoms with E-state index in [9.17, 15) is 9.59 Å². The van der Waals surface area contributed by atoms with E-state index in [0.29, 0.717) is 17.8 Å². The lowest BCUT2D eigenvalue weighted by Gasteiger charge is -2.26. The number of benzene rings is 1. The van der Waals surface area contributed by atoms with Crippen molar-refractivity contribution < 1.29 is 4.79 Å². The first-order valence-corrected chi connectivity index (χ1v) is 8.50. The third kappa shape index (κ3) is 3.05. The molecular formula is C18H19N5O2. The highest BCUT2D eigenvalue weighted by molar-refractivity contribution is 5.94. The number of nitrogens with zero attached hydrogens (tertiary/aromatic N) is 5. The van der Waals surface area contributed by atoms with Crippen LogP contribution in [0, 0.1) is 0 Å². The van der Waals surface area contributed by atoms with Crippen LogP contribution in [0.15, 0.2) is 47.7 Å². The van der Waals surface area contributed by atoms with Crippen LogP contribution in [-0.4, -0.2) is 43.1 Å². The molecule has 2 aromatic heterocycles. The van der Waals surface area contributed by atoms with E-state index in [1.807, 2.05) is 29.2 Å². The fourth-order valence-corrected chi connectivity index (χ4v) is 3.24. The van der Waals surface area contributed by atoms with E-state index < -0.39 is 0 Å². The summed E-state index contributed by atoms with van der Waals surface area (Å²) in [5.41, 5.74) is 1.83. The molecule has 0 atom stereocenters. The lowest BCUT2D eigenvalue weighted by molar-refractivity contribution is 0.0724. The van der Waals surface area contributed by atoms with Crippen LogP contribution < -0.4 is 5.69 Å². The van der Waals surface area contributed by atoms with E-state index in [2.05, 4.69) is 10.1 Å². The van der Waals surface area contributed by atoms with Gasteiger partial charge in [-0.2, -0.15) is 0 Å². The van der Waals surface area contributed by atoms with Crippen molar-refractivity contribution in [3.05, 3.63) is 64.5 Å². The highest BCUT2D eigenvalue weighted by atomic mass is 16.2. The molecule has 1 aliphatic heterocycles. The van der Waals surface area contributed by atoms with Crippen LogP contribution in [0.4, 0.5) is 0 Å². The molecule has 0 saturated carbocycles. The molecule has 0 unspecified atom stereocenters. The molecule has 1 aliphatic rings. The Morgan fingerprint density at radius 1 is 1.16 bits per heavy atom. The monoisotopic (exact) mass is 337 g/mol. The Bertz CT molecular complexity index is 969. The summed E-state index contributed by atoms with van der Waals surface area (Å²) in [6.45, 7) is 1.96. The first-order valence-electron chi connectivity index (χ1n) is 8.50. The number of amides is 1. The molecule has 0 N–H and O–H groups in total. The predicted molar refractivity (Wildman–Crippen MR) is 92.5 cm³/mol. The second kappa shape index (κ2) is 6.51. The van der Waals surface area contributed by atoms with Gasteiger partial charge in [-0.15, -0.1) is 5.10 Å². The van der Waals surface area contributed by atoms with E-state index in [1.165, 1.54) is 15.5 Å². The molecule has 1 aromatic carbocycles. The molecule has 4 rings (SSSR count). The highest BCUT2D eigenvalue weighted by Crippen LogP contribution is 2.14. The standard InChI is InChI=1S/C18H19N5O2/c24-17(21-8-2-1-3-9-21)15-6-4-5-14(11-15)13-23-18(25)22-10-7-19-12-16(22)20-23/h4-7,10-12H,1-3,8-9,13H2. The number of likely N-dealkylation sites (tertiary alicyclic amines) is 1. The molecule has 0 radical (unpaired) electrons. The quantitative estimate of drug-likeness (QED) is 0.727. The zero-order chi connectivity index (χ0) is 17.2. The van der Waals surface area contributed by atoms with Gasteiger partial charge >= 0.3 is 5.69 Å². The number of carbonyl (C=O) groups is 1. The van der Waals surface area contributed by atoms with E-state index in [-0.39, 0.29) is 11.6 Å². The van der Waals surface area contributed by atoms with Gasteiger partial charge in [-0.25, -0.2) is 13.9 Å². The van der Waals surface area contributed by atoms with Crippen molar-refractivity contribution in [3.63, 3.8) is 0 Å². The van der Waals surface area contributed by atoms with Crippen LogP contribution in [0.5, 0.6) is 0 Å². The maximum absolute atomic E-state index is 12.6. The third-order valence-corrected chi connectivity index (χ3v) is 4.54. The first kappa shape index (κ1) is 15.6. The molecule has 1 amide bonds. The summed E-state index contributed by atoms with van der Waals surface area (Å²) in [6, 6.07) is 7.44. The fourth-order valence-electron chi connectivity index (χ4n) is 3.24. The lowest BCUT2D eigenvalue weighted by Crippen LogP contribution is -2.35. The van der Waals surface area contributed by atoms with E-state index >= 15 is 0 Å². The van der Waals surface area contributed by atoms with Gasteiger partial charge in [-0.1, -0.05) is 12.1 Å². The van der Waals surface area contributed by atoms with Crippen molar-refractivity contribution in [1.29, 1.82) is 0 Å². The molecule has 0 bridgehead atoms. The van der Waals surface area contributed by atoms with Crippen LogP contribution in [0.3, 0.4) is 0 Å². The Kier molecular flexibility index (Phi) is 4.05. The molecule has 1 saturated heterocycles. The van der Waals surface area contributed by atoms with Gasteiger partial charge in [0.2, 0.25) is 0 Å². The van der Waals surface area contributed by atoms with Gasteiger partial charge in [0.1, 0.15) is 0 Å². The Labute approximate surface area is 144 Å². The van der Waals surface area contributed by atoms with E-state index in [4.69, 9.17) is 0 Å². The van der Waals surface area contributed by atoms with Gasteiger partial charge in [0.05, 0.1) is 12.7 Å². The predicted octanol–water partition coefficient (Wildman–Crippen LogP) is 1.57. The molecule has 0 spiro atoms. The van der Waals surface area contributed by atoms with E-state index in [0.717, 1.165) is 31.5 Å². The first-order chi connectivity index (χ1) is 12.2. The van der Waals surface area contributed by atoms with Gasteiger partial charge in [0, 0.05) is 31.0 Å². The molecule has 7 nitrogen and oxygen atoms in total. The summed E-state index contributed by atoms with van der Waals surface area (Å²) >= 11 is 0. The molecule has 25 heavy (non-hydrogen) atoms. The SMILES string of the molecule is O=C(c1cccc(Cn2nc3cnccn3c2=O)c1)N1CCCCC1. The minimum Gasteiger partial charge on any atom is -0.339 e. The summed E-state index contributed by atoms with van der Waals surface area (Å²) in [5.74, 6) is 0.0631. The van der Waals surface area contributed by atoms with Crippen molar-refractivity contribution in [2.24, 2.45) is 0 Å². The van der Waals surface area contributed by atoms with Crippen molar-refractivity contribution in [3.8, 4) is 0 Å². The van der Waals surface area contributed by atoms with Gasteiger partial charge in [-0.05, 0) is 37.0 Å².